The predicted octanol–water partition coefficient (Wildman–Crippen LogP) is -0.749. The van der Waals surface area contributed by atoms with Crippen LogP contribution in [0.4, 0.5) is 0 Å². The van der Waals surface area contributed by atoms with Gasteiger partial charge in [0.05, 0.1) is 6.54 Å². The van der Waals surface area contributed by atoms with Crippen LogP contribution in [-0.4, -0.2) is 29.2 Å². The van der Waals surface area contributed by atoms with Gasteiger partial charge < -0.3 is 0 Å². The number of carbonyl (C=O) groups is 3. The highest BCUT2D eigenvalue weighted by atomic mass is 16.2. The Labute approximate surface area is 75.4 Å². The number of nitrogens with one attached hydrogen (secondary N) is 1. The Balaban J connectivity index is 2.64. The van der Waals surface area contributed by atoms with Gasteiger partial charge in [-0.05, 0) is 6.08 Å². The van der Waals surface area contributed by atoms with Crippen LogP contribution in [0.25, 0.3) is 0 Å². The second-order valence-corrected chi connectivity index (χ2v) is 2.86. The first kappa shape index (κ1) is 9.44. The van der Waals surface area contributed by atoms with Gasteiger partial charge in [0.1, 0.15) is 0 Å². The van der Waals surface area contributed by atoms with Crippen molar-refractivity contribution in [3.05, 3.63) is 12.7 Å². The van der Waals surface area contributed by atoms with Gasteiger partial charge in [-0.25, -0.2) is 5.01 Å². The summed E-state index contributed by atoms with van der Waals surface area (Å²) in [5.74, 6) is -1.97. The Morgan fingerprint density at radius 1 is 1.69 bits per heavy atom. The van der Waals surface area contributed by atoms with Crippen molar-refractivity contribution >= 4 is 17.6 Å². The molecule has 2 amide bonds. The second kappa shape index (κ2) is 3.38. The van der Waals surface area contributed by atoms with E-state index in [0.29, 0.717) is 0 Å². The van der Waals surface area contributed by atoms with Crippen LogP contribution in [-0.2, 0) is 14.4 Å². The first-order valence-corrected chi connectivity index (χ1v) is 3.85. The molecular formula is C8H10N2O3. The smallest absolute Gasteiger partial charge is 0.288 e. The van der Waals surface area contributed by atoms with Crippen molar-refractivity contribution in [2.45, 2.75) is 6.92 Å². The van der Waals surface area contributed by atoms with E-state index in [1.165, 1.54) is 0 Å². The first-order valence-electron chi connectivity index (χ1n) is 3.85. The zero-order chi connectivity index (χ0) is 10.0. The molecule has 0 saturated carbocycles. The number of ketones is 1. The van der Waals surface area contributed by atoms with Crippen LogP contribution in [0.2, 0.25) is 0 Å². The van der Waals surface area contributed by atoms with Crippen LogP contribution < -0.4 is 5.43 Å². The van der Waals surface area contributed by atoms with Gasteiger partial charge in [-0.3, -0.25) is 19.8 Å². The van der Waals surface area contributed by atoms with Gasteiger partial charge in [-0.2, -0.15) is 0 Å². The molecule has 1 saturated heterocycles. The molecule has 13 heavy (non-hydrogen) atoms. The third-order valence-electron chi connectivity index (χ3n) is 1.79. The maximum Gasteiger partial charge on any atom is 0.308 e. The number of hydrogen-bond acceptors (Lipinski definition) is 3. The zero-order valence-electron chi connectivity index (χ0n) is 7.24. The number of Topliss-reactive ketones (excluding diaryl/α,β-unsaturated/α-hetero) is 1. The molecule has 0 radical (unpaired) electrons. The Hall–Kier alpha value is -1.65. The molecule has 0 bridgehead atoms. The van der Waals surface area contributed by atoms with Crippen molar-refractivity contribution in [1.82, 2.24) is 10.4 Å². The molecular weight excluding hydrogens is 172 g/mol. The molecule has 1 fully saturated rings. The summed E-state index contributed by atoms with van der Waals surface area (Å²) in [5, 5.41) is 1.01. The van der Waals surface area contributed by atoms with E-state index >= 15 is 0 Å². The van der Waals surface area contributed by atoms with Crippen molar-refractivity contribution in [1.29, 1.82) is 0 Å². The van der Waals surface area contributed by atoms with E-state index in [1.807, 2.05) is 0 Å². The van der Waals surface area contributed by atoms with Gasteiger partial charge in [0.15, 0.2) is 0 Å². The van der Waals surface area contributed by atoms with Gasteiger partial charge in [-0.15, -0.1) is 0 Å². The molecule has 0 aromatic heterocycles. The van der Waals surface area contributed by atoms with Crippen molar-refractivity contribution in [2.75, 3.05) is 6.54 Å². The zero-order valence-corrected chi connectivity index (χ0v) is 7.24. The molecule has 0 aromatic rings. The Morgan fingerprint density at radius 2 is 2.31 bits per heavy atom. The average molecular weight is 182 g/mol. The van der Waals surface area contributed by atoms with E-state index in [1.54, 1.807) is 6.92 Å². The van der Waals surface area contributed by atoms with E-state index in [4.69, 9.17) is 0 Å². The lowest BCUT2D eigenvalue weighted by atomic mass is 10.1. The number of amides is 2. The Kier molecular flexibility index (Phi) is 2.46. The largest absolute Gasteiger partial charge is 0.308 e. The van der Waals surface area contributed by atoms with Gasteiger partial charge in [0, 0.05) is 5.92 Å². The lowest BCUT2D eigenvalue weighted by molar-refractivity contribution is -0.144. The van der Waals surface area contributed by atoms with Gasteiger partial charge in [0.2, 0.25) is 5.78 Å². The van der Waals surface area contributed by atoms with E-state index in [9.17, 15) is 14.4 Å². The number of rotatable bonds is 2. The topological polar surface area (TPSA) is 66.5 Å². The molecule has 1 N–H and O–H groups in total. The lowest BCUT2D eigenvalue weighted by Gasteiger charge is -2.14. The van der Waals surface area contributed by atoms with Gasteiger partial charge in [0.25, 0.3) is 5.91 Å². The maximum atomic E-state index is 11.1. The number of carbonyl (C=O) groups excluding carboxylic acids is 3. The van der Waals surface area contributed by atoms with Crippen molar-refractivity contribution in [2.24, 2.45) is 5.92 Å². The Morgan fingerprint density at radius 3 is 2.69 bits per heavy atom. The van der Waals surface area contributed by atoms with Crippen LogP contribution in [0.3, 0.4) is 0 Å². The molecule has 1 unspecified atom stereocenters. The van der Waals surface area contributed by atoms with E-state index in [-0.39, 0.29) is 12.5 Å². The van der Waals surface area contributed by atoms with Gasteiger partial charge in [-0.1, -0.05) is 13.5 Å². The SMILES string of the molecule is C=CC(=O)NN1CC(C)C(=O)C1=O. The standard InChI is InChI=1S/C8H10N2O3/c1-3-6(11)9-10-4-5(2)7(12)8(10)13/h3,5H,1,4H2,2H3,(H,9,11). The fourth-order valence-corrected chi connectivity index (χ4v) is 1.06. The van der Waals surface area contributed by atoms with Crippen molar-refractivity contribution in [3.63, 3.8) is 0 Å². The summed E-state index contributed by atoms with van der Waals surface area (Å²) in [5.41, 5.74) is 2.25. The van der Waals surface area contributed by atoms with Crippen LogP contribution >= 0.6 is 0 Å². The molecule has 0 aromatic carbocycles. The Bertz CT molecular complexity index is 285. The molecule has 5 nitrogen and oxygen atoms in total. The summed E-state index contributed by atoms with van der Waals surface area (Å²) in [4.78, 5) is 32.9. The number of hydrogen-bond donors (Lipinski definition) is 1. The normalized spacial score (nSPS) is 21.9. The summed E-state index contributed by atoms with van der Waals surface area (Å²) in [6.45, 7) is 5.10. The lowest BCUT2D eigenvalue weighted by Crippen LogP contribution is -2.43. The summed E-state index contributed by atoms with van der Waals surface area (Å²) in [7, 11) is 0. The first-order chi connectivity index (χ1) is 6.06. The molecule has 1 aliphatic heterocycles. The second-order valence-electron chi connectivity index (χ2n) is 2.86. The average Bonchev–Trinajstić information content (AvgIpc) is 2.34. The fourth-order valence-electron chi connectivity index (χ4n) is 1.06. The van der Waals surface area contributed by atoms with E-state index < -0.39 is 17.6 Å². The molecule has 1 aliphatic rings. The van der Waals surface area contributed by atoms with Crippen LogP contribution in [0.15, 0.2) is 12.7 Å². The molecule has 70 valence electrons. The van der Waals surface area contributed by atoms with Crippen molar-refractivity contribution < 1.29 is 14.4 Å². The summed E-state index contributed by atoms with van der Waals surface area (Å²) >= 11 is 0. The quantitative estimate of drug-likeness (QED) is 0.451. The third kappa shape index (κ3) is 1.74. The van der Waals surface area contributed by atoms with E-state index in [2.05, 4.69) is 12.0 Å². The molecule has 1 atom stereocenters. The summed E-state index contributed by atoms with van der Waals surface area (Å²) in [6.07, 6.45) is 1.04. The van der Waals surface area contributed by atoms with Crippen LogP contribution in [0.5, 0.6) is 0 Å². The molecule has 1 rings (SSSR count). The highest BCUT2D eigenvalue weighted by Crippen LogP contribution is 2.10. The molecule has 1 heterocycles. The van der Waals surface area contributed by atoms with Gasteiger partial charge >= 0.3 is 5.91 Å². The molecule has 5 heteroatoms. The van der Waals surface area contributed by atoms with Crippen LogP contribution in [0.1, 0.15) is 6.92 Å². The summed E-state index contributed by atoms with van der Waals surface area (Å²) < 4.78 is 0. The minimum Gasteiger partial charge on any atom is -0.288 e. The van der Waals surface area contributed by atoms with Crippen LogP contribution in [0, 0.1) is 5.92 Å². The molecule has 0 aliphatic carbocycles. The maximum absolute atomic E-state index is 11.1. The number of hydrazine groups is 1. The third-order valence-corrected chi connectivity index (χ3v) is 1.79. The van der Waals surface area contributed by atoms with Crippen molar-refractivity contribution in [3.8, 4) is 0 Å². The predicted molar refractivity (Wildman–Crippen MR) is 44.2 cm³/mol. The monoisotopic (exact) mass is 182 g/mol. The fraction of sp³-hybridized carbons (Fsp3) is 0.375. The highest BCUT2D eigenvalue weighted by molar-refractivity contribution is 6.38. The number of nitrogens with zero attached hydrogens (tertiary/aromatic N) is 1. The molecule has 0 spiro atoms. The minimum atomic E-state index is -0.664. The minimum absolute atomic E-state index is 0.233. The highest BCUT2D eigenvalue weighted by Gasteiger charge is 2.36. The summed E-state index contributed by atoms with van der Waals surface area (Å²) in [6, 6.07) is 0. The van der Waals surface area contributed by atoms with E-state index in [0.717, 1.165) is 11.1 Å².